The first kappa shape index (κ1) is 13.7. The average Bonchev–Trinajstić information content (AvgIpc) is 2.25. The van der Waals surface area contributed by atoms with Crippen LogP contribution in [0.1, 0.15) is 0 Å². The molecule has 0 spiro atoms. The van der Waals surface area contributed by atoms with Crippen molar-refractivity contribution in [1.29, 1.82) is 0 Å². The molecule has 0 radical (unpaired) electrons. The molecule has 2 rings (SSSR count). The predicted molar refractivity (Wildman–Crippen MR) is 64.3 cm³/mol. The van der Waals surface area contributed by atoms with Gasteiger partial charge in [-0.2, -0.15) is 0 Å². The number of benzene rings is 2. The Bertz CT molecular complexity index is 870. The summed E-state index contributed by atoms with van der Waals surface area (Å²) in [6.45, 7) is 0. The number of hydrogen-bond acceptors (Lipinski definition) is 7. The van der Waals surface area contributed by atoms with E-state index in [0.717, 1.165) is 18.2 Å². The first-order valence-electron chi connectivity index (χ1n) is 4.85. The molecule has 7 nitrogen and oxygen atoms in total. The molecule has 0 aromatic heterocycles. The molecule has 2 aromatic rings. The van der Waals surface area contributed by atoms with Gasteiger partial charge in [0.25, 0.3) is 0 Å². The number of rotatable bonds is 2. The average molecular weight is 301 g/mol. The maximum Gasteiger partial charge on any atom is 0.125 e. The van der Waals surface area contributed by atoms with E-state index < -0.39 is 30.0 Å². The minimum Gasteiger partial charge on any atom is -0.744 e. The van der Waals surface area contributed by atoms with Crippen molar-refractivity contribution in [3.8, 4) is 0 Å². The summed E-state index contributed by atoms with van der Waals surface area (Å²) in [5.74, 6) is 0. The second-order valence-corrected chi connectivity index (χ2v) is 6.44. The fourth-order valence-corrected chi connectivity index (χ4v) is 3.20. The third-order valence-corrected chi connectivity index (χ3v) is 4.31. The minimum atomic E-state index is -4.84. The number of fused-ring (bicyclic) bond motifs is 1. The highest BCUT2D eigenvalue weighted by Crippen LogP contribution is 2.32. The highest BCUT2D eigenvalue weighted by molar-refractivity contribution is 7.86. The van der Waals surface area contributed by atoms with E-state index >= 15 is 0 Å². The summed E-state index contributed by atoms with van der Waals surface area (Å²) in [5.41, 5.74) is 5.47. The standard InChI is InChI=1S/C10H9NO6S2/c11-7-4-5-8(18(12,13)14)6-2-1-3-9(10(6)7)19(15,16)17/h1-5H,11H2,(H,12,13,14)(H,15,16,17)/p-2. The molecule has 9 heteroatoms. The zero-order valence-corrected chi connectivity index (χ0v) is 10.9. The van der Waals surface area contributed by atoms with Crippen molar-refractivity contribution >= 4 is 36.7 Å². The van der Waals surface area contributed by atoms with Crippen LogP contribution in [0.25, 0.3) is 10.8 Å². The van der Waals surface area contributed by atoms with Gasteiger partial charge in [0.05, 0.1) is 9.79 Å². The zero-order valence-electron chi connectivity index (χ0n) is 9.23. The molecule has 0 unspecified atom stereocenters. The normalized spacial score (nSPS) is 12.7. The lowest BCUT2D eigenvalue weighted by atomic mass is 10.1. The first-order valence-corrected chi connectivity index (χ1v) is 7.67. The van der Waals surface area contributed by atoms with Gasteiger partial charge in [-0.15, -0.1) is 0 Å². The van der Waals surface area contributed by atoms with Gasteiger partial charge in [0.2, 0.25) is 0 Å². The maximum absolute atomic E-state index is 11.1. The lowest BCUT2D eigenvalue weighted by Crippen LogP contribution is -2.05. The van der Waals surface area contributed by atoms with Crippen molar-refractivity contribution in [3.05, 3.63) is 30.3 Å². The van der Waals surface area contributed by atoms with Gasteiger partial charge in [-0.25, -0.2) is 16.8 Å². The molecule has 0 atom stereocenters. The molecule has 2 aromatic carbocycles. The largest absolute Gasteiger partial charge is 0.744 e. The van der Waals surface area contributed by atoms with E-state index in [1.54, 1.807) is 0 Å². The van der Waals surface area contributed by atoms with Gasteiger partial charge >= 0.3 is 0 Å². The maximum atomic E-state index is 11.1. The minimum absolute atomic E-state index is 0.0996. The molecule has 102 valence electrons. The number of nitrogen functional groups attached to an aromatic ring is 1. The third kappa shape index (κ3) is 2.40. The van der Waals surface area contributed by atoms with Gasteiger partial charge in [0.1, 0.15) is 20.2 Å². The van der Waals surface area contributed by atoms with Crippen LogP contribution < -0.4 is 5.73 Å². The van der Waals surface area contributed by atoms with Gasteiger partial charge in [-0.1, -0.05) is 12.1 Å². The van der Waals surface area contributed by atoms with E-state index in [-0.39, 0.29) is 16.5 Å². The first-order chi connectivity index (χ1) is 8.62. The SMILES string of the molecule is Nc1ccc(S(=O)(=O)[O-])c2cccc(S(=O)(=O)[O-])c12. The van der Waals surface area contributed by atoms with Crippen LogP contribution in [-0.2, 0) is 20.2 Å². The van der Waals surface area contributed by atoms with Crippen molar-refractivity contribution in [2.24, 2.45) is 0 Å². The van der Waals surface area contributed by atoms with E-state index in [0.29, 0.717) is 0 Å². The van der Waals surface area contributed by atoms with E-state index in [4.69, 9.17) is 5.73 Å². The fraction of sp³-hybridized carbons (Fsp3) is 0. The quantitative estimate of drug-likeness (QED) is 0.618. The topological polar surface area (TPSA) is 140 Å². The smallest absolute Gasteiger partial charge is 0.125 e. The Hall–Kier alpha value is -1.68. The van der Waals surface area contributed by atoms with Crippen LogP contribution in [0, 0.1) is 0 Å². The lowest BCUT2D eigenvalue weighted by Gasteiger charge is -2.16. The third-order valence-electron chi connectivity index (χ3n) is 2.53. The van der Waals surface area contributed by atoms with E-state index in [1.807, 2.05) is 0 Å². The van der Waals surface area contributed by atoms with Gasteiger partial charge in [0, 0.05) is 16.5 Å². The summed E-state index contributed by atoms with van der Waals surface area (Å²) in [5, 5.41) is -0.443. The molecule has 0 bridgehead atoms. The summed E-state index contributed by atoms with van der Waals surface area (Å²) in [7, 11) is -9.65. The molecule has 0 aliphatic heterocycles. The molecule has 19 heavy (non-hydrogen) atoms. The fourth-order valence-electron chi connectivity index (χ4n) is 1.80. The zero-order chi connectivity index (χ0) is 14.4. The predicted octanol–water partition coefficient (Wildman–Crippen LogP) is 0.230. The second-order valence-electron chi connectivity index (χ2n) is 3.74. The Morgan fingerprint density at radius 3 is 1.95 bits per heavy atom. The second kappa shape index (κ2) is 4.17. The van der Waals surface area contributed by atoms with Crippen LogP contribution in [0.2, 0.25) is 0 Å². The summed E-state index contributed by atoms with van der Waals surface area (Å²) < 4.78 is 66.6. The molecule has 2 N–H and O–H groups in total. The summed E-state index contributed by atoms with van der Waals surface area (Å²) >= 11 is 0. The van der Waals surface area contributed by atoms with Crippen LogP contribution in [0.3, 0.4) is 0 Å². The molecular formula is C10H7NO6S2-2. The molecule has 0 fully saturated rings. The molecule has 0 saturated heterocycles. The number of nitrogens with two attached hydrogens (primary N) is 1. The monoisotopic (exact) mass is 301 g/mol. The molecular weight excluding hydrogens is 294 g/mol. The Labute approximate surface area is 109 Å². The Morgan fingerprint density at radius 1 is 0.842 bits per heavy atom. The summed E-state index contributed by atoms with van der Waals surface area (Å²) in [6, 6.07) is 5.43. The van der Waals surface area contributed by atoms with Crippen molar-refractivity contribution in [2.75, 3.05) is 5.73 Å². The lowest BCUT2D eigenvalue weighted by molar-refractivity contribution is 0.461. The van der Waals surface area contributed by atoms with Gasteiger partial charge in [-0.05, 0) is 18.2 Å². The van der Waals surface area contributed by atoms with Crippen LogP contribution in [0.4, 0.5) is 5.69 Å². The molecule has 0 heterocycles. The van der Waals surface area contributed by atoms with Crippen LogP contribution in [-0.4, -0.2) is 25.9 Å². The Balaban J connectivity index is 3.09. The summed E-state index contributed by atoms with van der Waals surface area (Å²) in [4.78, 5) is -1.28. The molecule has 0 aliphatic carbocycles. The molecule has 0 aliphatic rings. The van der Waals surface area contributed by atoms with Gasteiger partial charge in [-0.3, -0.25) is 0 Å². The number of anilines is 1. The number of hydrogen-bond donors (Lipinski definition) is 1. The van der Waals surface area contributed by atoms with Crippen molar-refractivity contribution in [1.82, 2.24) is 0 Å². The van der Waals surface area contributed by atoms with Crippen molar-refractivity contribution < 1.29 is 25.9 Å². The Morgan fingerprint density at radius 2 is 1.42 bits per heavy atom. The Kier molecular flexibility index (Phi) is 3.01. The molecule has 0 amide bonds. The highest BCUT2D eigenvalue weighted by Gasteiger charge is 2.15. The van der Waals surface area contributed by atoms with E-state index in [1.165, 1.54) is 12.1 Å². The van der Waals surface area contributed by atoms with Crippen LogP contribution in [0.15, 0.2) is 40.1 Å². The van der Waals surface area contributed by atoms with Crippen LogP contribution >= 0.6 is 0 Å². The van der Waals surface area contributed by atoms with Crippen molar-refractivity contribution in [2.45, 2.75) is 9.79 Å². The van der Waals surface area contributed by atoms with E-state index in [2.05, 4.69) is 0 Å². The van der Waals surface area contributed by atoms with Gasteiger partial charge in [0.15, 0.2) is 0 Å². The van der Waals surface area contributed by atoms with Crippen molar-refractivity contribution in [3.63, 3.8) is 0 Å². The van der Waals surface area contributed by atoms with Gasteiger partial charge < -0.3 is 14.8 Å². The summed E-state index contributed by atoms with van der Waals surface area (Å²) in [6.07, 6.45) is 0. The highest BCUT2D eigenvalue weighted by atomic mass is 32.2. The molecule has 0 saturated carbocycles. The van der Waals surface area contributed by atoms with Crippen LogP contribution in [0.5, 0.6) is 0 Å². The van der Waals surface area contributed by atoms with E-state index in [9.17, 15) is 25.9 Å².